The van der Waals surface area contributed by atoms with E-state index in [-0.39, 0.29) is 56.5 Å². The number of nitrogens with two attached hydrogens (primary N) is 2. The second kappa shape index (κ2) is 32.4. The van der Waals surface area contributed by atoms with E-state index in [0.717, 1.165) is 10.5 Å². The molecule has 0 saturated carbocycles. The smallest absolute Gasteiger partial charge is 0.245 e. The number of aliphatic hydroxyl groups is 1. The van der Waals surface area contributed by atoms with Gasteiger partial charge >= 0.3 is 0 Å². The number of aliphatic imine (C=N–C) groups is 1. The summed E-state index contributed by atoms with van der Waals surface area (Å²) in [5.74, 6) is -7.55. The van der Waals surface area contributed by atoms with Gasteiger partial charge in [-0.05, 0) is 76.2 Å². The Morgan fingerprint density at radius 3 is 1.86 bits per heavy atom. The molecular weight excluding hydrogens is 959 g/mol. The molecule has 9 atom stereocenters. The third-order valence-corrected chi connectivity index (χ3v) is 12.6. The summed E-state index contributed by atoms with van der Waals surface area (Å²) in [6.07, 6.45) is 1.08. The predicted octanol–water partition coefficient (Wildman–Crippen LogP) is -1.81. The lowest BCUT2D eigenvalue weighted by molar-refractivity contribution is -0.142. The van der Waals surface area contributed by atoms with E-state index in [0.29, 0.717) is 45.2 Å². The molecule has 1 fully saturated rings. The zero-order chi connectivity index (χ0) is 55.7. The summed E-state index contributed by atoms with van der Waals surface area (Å²) in [5, 5.41) is 32.1. The monoisotopic (exact) mass is 1040 g/mol. The minimum Gasteiger partial charge on any atom is -0.391 e. The second-order valence-electron chi connectivity index (χ2n) is 19.1. The van der Waals surface area contributed by atoms with Crippen LogP contribution in [0.2, 0.25) is 0 Å². The predicted molar refractivity (Wildman–Crippen MR) is 277 cm³/mol. The molecule has 1 aromatic carbocycles. The topological polar surface area (TPSA) is 358 Å². The number of benzene rings is 1. The molecule has 0 aromatic heterocycles. The van der Waals surface area contributed by atoms with E-state index in [1.165, 1.54) is 25.8 Å². The van der Waals surface area contributed by atoms with Gasteiger partial charge in [0.2, 0.25) is 59.1 Å². The van der Waals surface area contributed by atoms with E-state index in [9.17, 15) is 53.1 Å². The third-order valence-electron chi connectivity index (χ3n) is 12.6. The van der Waals surface area contributed by atoms with Crippen LogP contribution < -0.4 is 54.0 Å². The molecule has 414 valence electrons. The van der Waals surface area contributed by atoms with E-state index in [2.05, 4.69) is 47.5 Å². The van der Waals surface area contributed by atoms with Crippen molar-refractivity contribution in [1.82, 2.24) is 52.3 Å². The van der Waals surface area contributed by atoms with Gasteiger partial charge in [0.05, 0.1) is 19.2 Å². The number of aliphatic hydroxyl groups excluding tert-OH is 1. The molecule has 1 aliphatic heterocycles. The summed E-state index contributed by atoms with van der Waals surface area (Å²) in [6.45, 7) is 13.0. The van der Waals surface area contributed by atoms with Gasteiger partial charge in [-0.15, -0.1) is 0 Å². The number of carbonyl (C=O) groups is 10. The summed E-state index contributed by atoms with van der Waals surface area (Å²) < 4.78 is 0. The molecule has 1 aromatic rings. The van der Waals surface area contributed by atoms with Crippen molar-refractivity contribution in [2.24, 2.45) is 28.3 Å². The number of carbonyl (C=O) groups excluding carboxylic acids is 10. The highest BCUT2D eigenvalue weighted by Gasteiger charge is 2.40. The van der Waals surface area contributed by atoms with Crippen molar-refractivity contribution in [3.8, 4) is 0 Å². The van der Waals surface area contributed by atoms with E-state index < -0.39 is 114 Å². The zero-order valence-electron chi connectivity index (χ0n) is 44.6. The van der Waals surface area contributed by atoms with Crippen molar-refractivity contribution in [3.63, 3.8) is 0 Å². The van der Waals surface area contributed by atoms with Gasteiger partial charge < -0.3 is 68.9 Å². The van der Waals surface area contributed by atoms with Crippen LogP contribution >= 0.6 is 0 Å². The van der Waals surface area contributed by atoms with Crippen LogP contribution in [0.15, 0.2) is 35.3 Å². The average molecular weight is 1040 g/mol. The normalized spacial score (nSPS) is 16.3. The van der Waals surface area contributed by atoms with Crippen LogP contribution in [-0.4, -0.2) is 168 Å². The summed E-state index contributed by atoms with van der Waals surface area (Å²) >= 11 is 0. The van der Waals surface area contributed by atoms with Crippen molar-refractivity contribution in [1.29, 1.82) is 0 Å². The first-order chi connectivity index (χ1) is 34.9. The molecule has 24 heteroatoms. The molecule has 10 amide bonds. The van der Waals surface area contributed by atoms with Gasteiger partial charge in [-0.2, -0.15) is 0 Å². The van der Waals surface area contributed by atoms with Crippen LogP contribution in [0.3, 0.4) is 0 Å². The number of nitrogens with zero attached hydrogens (tertiary/aromatic N) is 3. The Kier molecular flexibility index (Phi) is 27.7. The fourth-order valence-electron chi connectivity index (χ4n) is 8.06. The van der Waals surface area contributed by atoms with Crippen molar-refractivity contribution in [2.45, 2.75) is 162 Å². The van der Waals surface area contributed by atoms with Crippen LogP contribution in [0.25, 0.3) is 0 Å². The maximum atomic E-state index is 14.2. The molecule has 24 nitrogen and oxygen atoms in total. The van der Waals surface area contributed by atoms with Gasteiger partial charge in [-0.3, -0.25) is 52.9 Å². The maximum absolute atomic E-state index is 14.2. The Morgan fingerprint density at radius 1 is 0.730 bits per heavy atom. The fraction of sp³-hybridized carbons (Fsp3) is 0.660. The summed E-state index contributed by atoms with van der Waals surface area (Å²) in [4.78, 5) is 141. The number of likely N-dealkylation sites (tertiary alicyclic amines) is 1. The largest absolute Gasteiger partial charge is 0.391 e. The van der Waals surface area contributed by atoms with E-state index >= 15 is 0 Å². The Hall–Kier alpha value is -6.85. The van der Waals surface area contributed by atoms with Crippen molar-refractivity contribution in [2.75, 3.05) is 39.8 Å². The molecule has 0 unspecified atom stereocenters. The molecule has 0 radical (unpaired) electrons. The Labute approximate surface area is 434 Å². The van der Waals surface area contributed by atoms with Gasteiger partial charge in [-0.25, -0.2) is 0 Å². The molecule has 13 N–H and O–H groups in total. The Bertz CT molecular complexity index is 2090. The van der Waals surface area contributed by atoms with E-state index in [1.54, 1.807) is 46.8 Å². The van der Waals surface area contributed by atoms with Gasteiger partial charge in [0.15, 0.2) is 5.96 Å². The quantitative estimate of drug-likeness (QED) is 0.0222. The highest BCUT2D eigenvalue weighted by molar-refractivity contribution is 5.98. The molecule has 1 aliphatic rings. The van der Waals surface area contributed by atoms with Crippen LogP contribution in [0, 0.1) is 11.8 Å². The summed E-state index contributed by atoms with van der Waals surface area (Å²) in [7, 11) is 1.42. The molecular formula is C50H83N13O11. The number of rotatable bonds is 31. The standard InChI is InChI=1S/C50H83N13O11/c1-10-18-34(43(68)60-41(30(6)11-2)47(72)58-36(21-16-25-54-50(51)52)49(74)63-26-17-22-37(63)45(70)53-12-3)56-48(73)42(31(7)64)61-44(69)35(24-23-33-19-14-13-15-20-33)57-46(71)40(29(4)5)59-38(66)27-55-39(67)28-62(9)32(8)65/h13-15,19-20,29-31,34-37,40-42,64H,10-12,16-18,21-28H2,1-9H3,(H,53,70)(H,55,67)(H,56,73)(H,57,71)(H,58,72)(H,59,66)(H,60,68)(H,61,69)(H4,51,52,54)/t30-,31+,34-,35-,36-,37-,40-,41-,42-/m0/s1. The highest BCUT2D eigenvalue weighted by Crippen LogP contribution is 2.21. The van der Waals surface area contributed by atoms with E-state index in [4.69, 9.17) is 11.5 Å². The molecule has 1 heterocycles. The molecule has 0 bridgehead atoms. The average Bonchev–Trinajstić information content (AvgIpc) is 3.85. The van der Waals surface area contributed by atoms with Crippen molar-refractivity contribution < 1.29 is 53.1 Å². The first kappa shape index (κ1) is 63.3. The number of aryl methyl sites for hydroxylation is 1. The second-order valence-corrected chi connectivity index (χ2v) is 19.1. The van der Waals surface area contributed by atoms with Gasteiger partial charge in [0.25, 0.3) is 0 Å². The SMILES string of the molecule is CCC[C@H](NC(=O)[C@@H](NC(=O)[C@H](CCc1ccccc1)NC(=O)[C@@H](NC(=O)CNC(=O)CN(C)C(C)=O)C(C)C)[C@@H](C)O)C(=O)N[C@H](C(=O)N[C@@H](CCCN=C(N)N)C(=O)N1CCC[C@H]1C(=O)NCC)[C@@H](C)CC. The lowest BCUT2D eigenvalue weighted by Crippen LogP contribution is -2.62. The maximum Gasteiger partial charge on any atom is 0.245 e. The highest BCUT2D eigenvalue weighted by atomic mass is 16.3. The summed E-state index contributed by atoms with van der Waals surface area (Å²) in [5.41, 5.74) is 11.8. The van der Waals surface area contributed by atoms with Gasteiger partial charge in [-0.1, -0.05) is 77.8 Å². The number of hydrogen-bond acceptors (Lipinski definition) is 12. The number of guanidine groups is 1. The van der Waals surface area contributed by atoms with E-state index in [1.807, 2.05) is 25.1 Å². The Balaban J connectivity index is 2.35. The minimum absolute atomic E-state index is 0.0175. The fourth-order valence-corrected chi connectivity index (χ4v) is 8.06. The van der Waals surface area contributed by atoms with Crippen LogP contribution in [0.5, 0.6) is 0 Å². The minimum atomic E-state index is -1.65. The molecule has 0 spiro atoms. The summed E-state index contributed by atoms with van der Waals surface area (Å²) in [6, 6.07) is 0.614. The molecule has 0 aliphatic carbocycles. The van der Waals surface area contributed by atoms with Gasteiger partial charge in [0.1, 0.15) is 42.3 Å². The lowest BCUT2D eigenvalue weighted by Gasteiger charge is -2.31. The molecule has 2 rings (SSSR count). The number of hydrogen-bond donors (Lipinski definition) is 11. The Morgan fingerprint density at radius 2 is 1.31 bits per heavy atom. The first-order valence-corrected chi connectivity index (χ1v) is 25.6. The molecule has 1 saturated heterocycles. The van der Waals surface area contributed by atoms with Crippen molar-refractivity contribution in [3.05, 3.63) is 35.9 Å². The number of nitrogens with one attached hydrogen (secondary N) is 8. The van der Waals surface area contributed by atoms with Crippen LogP contribution in [-0.2, 0) is 54.4 Å². The first-order valence-electron chi connectivity index (χ1n) is 25.6. The number of amides is 10. The van der Waals surface area contributed by atoms with Crippen LogP contribution in [0.4, 0.5) is 0 Å². The molecule has 74 heavy (non-hydrogen) atoms. The van der Waals surface area contributed by atoms with Gasteiger partial charge in [0, 0.05) is 33.6 Å². The van der Waals surface area contributed by atoms with Crippen molar-refractivity contribution >= 4 is 65.0 Å². The zero-order valence-corrected chi connectivity index (χ0v) is 44.6. The van der Waals surface area contributed by atoms with Crippen LogP contribution in [0.1, 0.15) is 112 Å². The lowest BCUT2D eigenvalue weighted by atomic mass is 9.96. The third kappa shape index (κ3) is 21.3. The number of likely N-dealkylation sites (N-methyl/N-ethyl adjacent to an activating group) is 2.